The Morgan fingerprint density at radius 3 is 2.46 bits per heavy atom. The van der Waals surface area contributed by atoms with Crippen molar-refractivity contribution in [2.75, 3.05) is 57.3 Å². The van der Waals surface area contributed by atoms with Crippen LogP contribution in [0.3, 0.4) is 0 Å². The molecular formula is C19H30N6O3. The van der Waals surface area contributed by atoms with E-state index in [0.717, 1.165) is 38.5 Å². The van der Waals surface area contributed by atoms with E-state index in [1.54, 1.807) is 17.9 Å². The predicted molar refractivity (Wildman–Crippen MR) is 105 cm³/mol. The number of nitrogens with zero attached hydrogens (tertiary/aromatic N) is 5. The lowest BCUT2D eigenvalue weighted by Gasteiger charge is -2.34. The number of rotatable bonds is 5. The van der Waals surface area contributed by atoms with Crippen LogP contribution in [0, 0.1) is 0 Å². The van der Waals surface area contributed by atoms with Crippen molar-refractivity contribution in [2.45, 2.75) is 32.7 Å². The lowest BCUT2D eigenvalue weighted by molar-refractivity contribution is 0.0856. The first-order valence-corrected chi connectivity index (χ1v) is 10.1. The monoisotopic (exact) mass is 390 g/mol. The van der Waals surface area contributed by atoms with Crippen molar-refractivity contribution in [1.29, 1.82) is 0 Å². The van der Waals surface area contributed by atoms with E-state index in [4.69, 9.17) is 4.74 Å². The molecule has 9 heteroatoms. The van der Waals surface area contributed by atoms with Gasteiger partial charge < -0.3 is 24.8 Å². The average Bonchev–Trinajstić information content (AvgIpc) is 2.74. The number of aromatic nitrogens is 2. The van der Waals surface area contributed by atoms with Crippen molar-refractivity contribution in [2.24, 2.45) is 0 Å². The van der Waals surface area contributed by atoms with Crippen molar-refractivity contribution in [1.82, 2.24) is 25.1 Å². The smallest absolute Gasteiger partial charge is 0.409 e. The zero-order valence-electron chi connectivity index (χ0n) is 16.8. The topological polar surface area (TPSA) is 90.9 Å². The van der Waals surface area contributed by atoms with Gasteiger partial charge in [-0.15, -0.1) is 0 Å². The summed E-state index contributed by atoms with van der Waals surface area (Å²) >= 11 is 0. The molecule has 2 fully saturated rings. The van der Waals surface area contributed by atoms with Crippen LogP contribution in [0.1, 0.15) is 37.2 Å². The summed E-state index contributed by atoms with van der Waals surface area (Å²) in [6, 6.07) is 1.80. The highest BCUT2D eigenvalue weighted by Crippen LogP contribution is 2.15. The normalized spacial score (nSPS) is 18.8. The summed E-state index contributed by atoms with van der Waals surface area (Å²) in [6.45, 7) is 10.4. The number of piperidine rings is 1. The Morgan fingerprint density at radius 1 is 1.11 bits per heavy atom. The van der Waals surface area contributed by atoms with E-state index in [1.807, 2.05) is 0 Å². The molecule has 2 aliphatic rings. The summed E-state index contributed by atoms with van der Waals surface area (Å²) in [6.07, 6.45) is 2.60. The summed E-state index contributed by atoms with van der Waals surface area (Å²) in [5.74, 6) is 0.610. The van der Waals surface area contributed by atoms with Gasteiger partial charge in [0.2, 0.25) is 0 Å². The molecule has 3 rings (SSSR count). The summed E-state index contributed by atoms with van der Waals surface area (Å²) in [5.41, 5.74) is 0.385. The number of piperazine rings is 1. The lowest BCUT2D eigenvalue weighted by Crippen LogP contribution is -2.47. The fourth-order valence-electron chi connectivity index (χ4n) is 3.62. The number of anilines is 1. The highest BCUT2D eigenvalue weighted by molar-refractivity contribution is 5.93. The van der Waals surface area contributed by atoms with E-state index >= 15 is 0 Å². The Balaban J connectivity index is 1.52. The second-order valence-corrected chi connectivity index (χ2v) is 7.12. The van der Waals surface area contributed by atoms with Gasteiger partial charge in [-0.3, -0.25) is 4.79 Å². The molecule has 1 N–H and O–H groups in total. The third-order valence-corrected chi connectivity index (χ3v) is 5.38. The van der Waals surface area contributed by atoms with Crippen LogP contribution in [0.25, 0.3) is 0 Å². The minimum Gasteiger partial charge on any atom is -0.450 e. The van der Waals surface area contributed by atoms with Gasteiger partial charge in [0, 0.05) is 51.4 Å². The van der Waals surface area contributed by atoms with Crippen molar-refractivity contribution >= 4 is 17.8 Å². The molecule has 0 radical (unpaired) electrons. The summed E-state index contributed by atoms with van der Waals surface area (Å²) in [5, 5.41) is 3.04. The van der Waals surface area contributed by atoms with Crippen LogP contribution < -0.4 is 10.2 Å². The van der Waals surface area contributed by atoms with E-state index in [0.29, 0.717) is 38.2 Å². The van der Waals surface area contributed by atoms with Gasteiger partial charge in [0.1, 0.15) is 17.8 Å². The first-order valence-electron chi connectivity index (χ1n) is 10.1. The van der Waals surface area contributed by atoms with Crippen molar-refractivity contribution in [3.8, 4) is 0 Å². The first-order chi connectivity index (χ1) is 13.6. The van der Waals surface area contributed by atoms with E-state index in [-0.39, 0.29) is 18.0 Å². The summed E-state index contributed by atoms with van der Waals surface area (Å²) in [4.78, 5) is 39.2. The minimum atomic E-state index is -0.282. The Bertz CT molecular complexity index is 669. The van der Waals surface area contributed by atoms with Crippen LogP contribution in [-0.4, -0.2) is 90.2 Å². The van der Waals surface area contributed by atoms with Crippen LogP contribution in [0.15, 0.2) is 12.4 Å². The second-order valence-electron chi connectivity index (χ2n) is 7.12. The molecule has 154 valence electrons. The van der Waals surface area contributed by atoms with Crippen molar-refractivity contribution in [3.63, 3.8) is 0 Å². The maximum Gasteiger partial charge on any atom is 0.409 e. The summed E-state index contributed by atoms with van der Waals surface area (Å²) in [7, 11) is 0. The maximum atomic E-state index is 12.6. The predicted octanol–water partition coefficient (Wildman–Crippen LogP) is 0.969. The molecule has 0 bridgehead atoms. The molecule has 3 heterocycles. The van der Waals surface area contributed by atoms with E-state index in [9.17, 15) is 9.59 Å². The van der Waals surface area contributed by atoms with E-state index < -0.39 is 0 Å². The molecule has 0 aliphatic carbocycles. The largest absolute Gasteiger partial charge is 0.450 e. The van der Waals surface area contributed by atoms with Gasteiger partial charge in [-0.2, -0.15) is 0 Å². The standard InChI is InChI=1S/C19H30N6O3/c1-3-23-9-11-24(12-10-23)17-13-16(20-14-21-17)18(26)22-15-5-7-25(8-6-15)19(27)28-4-2/h13-15H,3-12H2,1-2H3,(H,22,26). The van der Waals surface area contributed by atoms with Crippen molar-refractivity contribution < 1.29 is 14.3 Å². The van der Waals surface area contributed by atoms with Gasteiger partial charge in [0.25, 0.3) is 5.91 Å². The SMILES string of the molecule is CCOC(=O)N1CCC(NC(=O)c2cc(N3CCN(CC)CC3)ncn2)CC1. The Hall–Kier alpha value is -2.42. The van der Waals surface area contributed by atoms with Gasteiger partial charge in [-0.05, 0) is 26.3 Å². The zero-order chi connectivity index (χ0) is 19.9. The third-order valence-electron chi connectivity index (χ3n) is 5.38. The molecule has 28 heavy (non-hydrogen) atoms. The zero-order valence-corrected chi connectivity index (χ0v) is 16.8. The van der Waals surface area contributed by atoms with Gasteiger partial charge in [0.15, 0.2) is 0 Å². The molecule has 0 aromatic carbocycles. The third kappa shape index (κ3) is 5.09. The molecule has 2 amide bonds. The number of nitrogens with one attached hydrogen (secondary N) is 1. The minimum absolute atomic E-state index is 0.0321. The van der Waals surface area contributed by atoms with Crippen LogP contribution in [0.4, 0.5) is 10.6 Å². The fourth-order valence-corrected chi connectivity index (χ4v) is 3.62. The number of hydrogen-bond donors (Lipinski definition) is 1. The van der Waals surface area contributed by atoms with Gasteiger partial charge in [-0.1, -0.05) is 6.92 Å². The van der Waals surface area contributed by atoms with Gasteiger partial charge in [-0.25, -0.2) is 14.8 Å². The summed E-state index contributed by atoms with van der Waals surface area (Å²) < 4.78 is 5.03. The van der Waals surface area contributed by atoms with Gasteiger partial charge in [0.05, 0.1) is 6.61 Å². The van der Waals surface area contributed by atoms with Gasteiger partial charge >= 0.3 is 6.09 Å². The number of carbonyl (C=O) groups is 2. The molecule has 0 saturated carbocycles. The average molecular weight is 390 g/mol. The fraction of sp³-hybridized carbons (Fsp3) is 0.684. The molecule has 0 atom stereocenters. The number of likely N-dealkylation sites (tertiary alicyclic amines) is 1. The Morgan fingerprint density at radius 2 is 1.82 bits per heavy atom. The number of carbonyl (C=O) groups excluding carboxylic acids is 2. The van der Waals surface area contributed by atoms with Crippen LogP contribution in [0.2, 0.25) is 0 Å². The number of hydrogen-bond acceptors (Lipinski definition) is 7. The number of ether oxygens (including phenoxy) is 1. The van der Waals surface area contributed by atoms with Crippen LogP contribution >= 0.6 is 0 Å². The molecule has 1 aromatic heterocycles. The van der Waals surface area contributed by atoms with Crippen molar-refractivity contribution in [3.05, 3.63) is 18.1 Å². The van der Waals surface area contributed by atoms with E-state index in [2.05, 4.69) is 32.0 Å². The van der Waals surface area contributed by atoms with Crippen LogP contribution in [0.5, 0.6) is 0 Å². The van der Waals surface area contributed by atoms with Crippen LogP contribution in [-0.2, 0) is 4.74 Å². The Kier molecular flexibility index (Phi) is 7.02. The quantitative estimate of drug-likeness (QED) is 0.801. The first kappa shape index (κ1) is 20.3. The molecule has 9 nitrogen and oxygen atoms in total. The Labute approximate surface area is 166 Å². The molecule has 2 aliphatic heterocycles. The maximum absolute atomic E-state index is 12.6. The lowest BCUT2D eigenvalue weighted by atomic mass is 10.1. The molecular weight excluding hydrogens is 360 g/mol. The molecule has 0 spiro atoms. The highest BCUT2D eigenvalue weighted by atomic mass is 16.6. The molecule has 1 aromatic rings. The highest BCUT2D eigenvalue weighted by Gasteiger charge is 2.25. The molecule has 0 unspecified atom stereocenters. The number of amides is 2. The second kappa shape index (κ2) is 9.68. The number of likely N-dealkylation sites (N-methyl/N-ethyl adjacent to an activating group) is 1. The van der Waals surface area contributed by atoms with E-state index in [1.165, 1.54) is 6.33 Å². The molecule has 2 saturated heterocycles.